The lowest BCUT2D eigenvalue weighted by molar-refractivity contribution is -0.127. The Morgan fingerprint density at radius 1 is 1.07 bits per heavy atom. The lowest BCUT2D eigenvalue weighted by Gasteiger charge is -2.16. The molecular formula is C19H22Cl2N2O4S. The predicted molar refractivity (Wildman–Crippen MR) is 110 cm³/mol. The smallest absolute Gasteiger partial charge is 0.260 e. The maximum Gasteiger partial charge on any atom is 0.260 e. The van der Waals surface area contributed by atoms with E-state index in [1.165, 1.54) is 24.3 Å². The molecule has 9 heteroatoms. The number of sulfonamides is 1. The number of halogens is 2. The van der Waals surface area contributed by atoms with E-state index in [1.807, 2.05) is 13.8 Å². The van der Waals surface area contributed by atoms with Crippen LogP contribution in [0.25, 0.3) is 0 Å². The van der Waals surface area contributed by atoms with Crippen LogP contribution >= 0.6 is 23.2 Å². The van der Waals surface area contributed by atoms with Crippen molar-refractivity contribution in [2.24, 2.45) is 0 Å². The fourth-order valence-corrected chi connectivity index (χ4v) is 3.76. The van der Waals surface area contributed by atoms with Crippen molar-refractivity contribution >= 4 is 39.1 Å². The lowest BCUT2D eigenvalue weighted by atomic mass is 10.2. The third-order valence-corrected chi connectivity index (χ3v) is 5.72. The fourth-order valence-electron chi connectivity index (χ4n) is 2.28. The summed E-state index contributed by atoms with van der Waals surface area (Å²) >= 11 is 11.9. The summed E-state index contributed by atoms with van der Waals surface area (Å²) in [5, 5.41) is 3.61. The quantitative estimate of drug-likeness (QED) is 0.648. The molecule has 0 bridgehead atoms. The van der Waals surface area contributed by atoms with Crippen molar-refractivity contribution in [3.05, 3.63) is 58.1 Å². The van der Waals surface area contributed by atoms with E-state index >= 15 is 0 Å². The molecule has 28 heavy (non-hydrogen) atoms. The average Bonchev–Trinajstić information content (AvgIpc) is 2.61. The maximum absolute atomic E-state index is 12.5. The summed E-state index contributed by atoms with van der Waals surface area (Å²) in [5.41, 5.74) is 0.611. The molecule has 1 atom stereocenters. The van der Waals surface area contributed by atoms with Crippen molar-refractivity contribution in [3.63, 3.8) is 0 Å². The van der Waals surface area contributed by atoms with Crippen LogP contribution in [0.2, 0.25) is 10.0 Å². The molecule has 0 radical (unpaired) electrons. The fraction of sp³-hybridized carbons (Fsp3) is 0.316. The van der Waals surface area contributed by atoms with Gasteiger partial charge in [-0.25, -0.2) is 13.1 Å². The van der Waals surface area contributed by atoms with Gasteiger partial charge in [-0.15, -0.1) is 0 Å². The van der Waals surface area contributed by atoms with Crippen LogP contribution in [0.1, 0.15) is 26.3 Å². The number of hydrogen-bond acceptors (Lipinski definition) is 4. The molecule has 2 N–H and O–H groups in total. The zero-order valence-electron chi connectivity index (χ0n) is 15.7. The van der Waals surface area contributed by atoms with E-state index in [0.29, 0.717) is 21.4 Å². The highest BCUT2D eigenvalue weighted by atomic mass is 35.5. The minimum Gasteiger partial charge on any atom is -0.481 e. The molecule has 0 fully saturated rings. The van der Waals surface area contributed by atoms with Crippen LogP contribution in [-0.2, 0) is 21.4 Å². The van der Waals surface area contributed by atoms with Crippen molar-refractivity contribution in [1.82, 2.24) is 10.0 Å². The average molecular weight is 445 g/mol. The van der Waals surface area contributed by atoms with E-state index in [-0.39, 0.29) is 23.4 Å². The summed E-state index contributed by atoms with van der Waals surface area (Å²) in [6.45, 7) is 5.37. The maximum atomic E-state index is 12.5. The van der Waals surface area contributed by atoms with Crippen LogP contribution in [0.15, 0.2) is 47.4 Å². The van der Waals surface area contributed by atoms with Crippen molar-refractivity contribution in [2.75, 3.05) is 0 Å². The molecular weight excluding hydrogens is 423 g/mol. The summed E-state index contributed by atoms with van der Waals surface area (Å²) in [4.78, 5) is 12.0. The van der Waals surface area contributed by atoms with Gasteiger partial charge in [0.05, 0.1) is 4.90 Å². The van der Waals surface area contributed by atoms with Gasteiger partial charge in [0, 0.05) is 22.6 Å². The van der Waals surface area contributed by atoms with Crippen LogP contribution in [0.4, 0.5) is 0 Å². The Balaban J connectivity index is 2.01. The monoisotopic (exact) mass is 444 g/mol. The van der Waals surface area contributed by atoms with E-state index in [4.69, 9.17) is 27.9 Å². The van der Waals surface area contributed by atoms with Crippen molar-refractivity contribution in [3.8, 4) is 5.75 Å². The van der Waals surface area contributed by atoms with E-state index < -0.39 is 16.1 Å². The molecule has 0 saturated carbocycles. The van der Waals surface area contributed by atoms with Gasteiger partial charge >= 0.3 is 0 Å². The summed E-state index contributed by atoms with van der Waals surface area (Å²) in [7, 11) is -3.74. The Bertz CT molecular complexity index is 931. The molecule has 2 aromatic carbocycles. The van der Waals surface area contributed by atoms with Gasteiger partial charge < -0.3 is 10.1 Å². The standard InChI is InChI=1S/C19H22Cl2N2O4S/c1-12(2)23-19(24)13(3)27-16-6-8-17(9-7-16)28(25,26)22-11-14-4-5-15(20)10-18(14)21/h4-10,12-13,22H,11H2,1-3H3,(H,23,24)/t13-/m1/s1. The molecule has 0 heterocycles. The summed E-state index contributed by atoms with van der Waals surface area (Å²) in [6, 6.07) is 10.7. The number of carbonyl (C=O) groups is 1. The Morgan fingerprint density at radius 3 is 2.29 bits per heavy atom. The normalized spacial score (nSPS) is 12.6. The zero-order chi connectivity index (χ0) is 20.9. The number of amides is 1. The van der Waals surface area contributed by atoms with Gasteiger partial charge in [-0.2, -0.15) is 0 Å². The highest BCUT2D eigenvalue weighted by Gasteiger charge is 2.17. The molecule has 152 valence electrons. The first-order valence-corrected chi connectivity index (χ1v) is 10.8. The SMILES string of the molecule is CC(C)NC(=O)[C@@H](C)Oc1ccc(S(=O)(=O)NCc2ccc(Cl)cc2Cl)cc1. The van der Waals surface area contributed by atoms with Gasteiger partial charge in [-0.3, -0.25) is 4.79 Å². The largest absolute Gasteiger partial charge is 0.481 e. The second-order valence-corrected chi connectivity index (χ2v) is 9.07. The molecule has 2 aromatic rings. The Hall–Kier alpha value is -1.80. The van der Waals surface area contributed by atoms with Crippen molar-refractivity contribution in [2.45, 2.75) is 44.4 Å². The zero-order valence-corrected chi connectivity index (χ0v) is 18.0. The summed E-state index contributed by atoms with van der Waals surface area (Å²) in [5.74, 6) is 0.152. The van der Waals surface area contributed by atoms with Gasteiger partial charge in [0.2, 0.25) is 10.0 Å². The first-order valence-electron chi connectivity index (χ1n) is 8.59. The number of rotatable bonds is 8. The van der Waals surface area contributed by atoms with Crippen LogP contribution in [0, 0.1) is 0 Å². The van der Waals surface area contributed by atoms with Gasteiger partial charge in [-0.05, 0) is 62.7 Å². The molecule has 0 aliphatic carbocycles. The summed E-state index contributed by atoms with van der Waals surface area (Å²) < 4.78 is 33.0. The van der Waals surface area contributed by atoms with Crippen molar-refractivity contribution in [1.29, 1.82) is 0 Å². The third-order valence-electron chi connectivity index (χ3n) is 3.71. The second kappa shape index (κ2) is 9.60. The summed E-state index contributed by atoms with van der Waals surface area (Å²) in [6.07, 6.45) is -0.699. The Morgan fingerprint density at radius 2 is 1.71 bits per heavy atom. The molecule has 0 aromatic heterocycles. The first kappa shape index (κ1) is 22.5. The molecule has 6 nitrogen and oxygen atoms in total. The Labute approximate surface area is 175 Å². The molecule has 0 spiro atoms. The lowest BCUT2D eigenvalue weighted by Crippen LogP contribution is -2.40. The number of benzene rings is 2. The topological polar surface area (TPSA) is 84.5 Å². The molecule has 0 aliphatic heterocycles. The number of nitrogens with one attached hydrogen (secondary N) is 2. The second-order valence-electron chi connectivity index (χ2n) is 6.46. The van der Waals surface area contributed by atoms with Gasteiger partial charge in [0.1, 0.15) is 5.75 Å². The van der Waals surface area contributed by atoms with Gasteiger partial charge in [0.15, 0.2) is 6.10 Å². The van der Waals surface area contributed by atoms with Crippen LogP contribution < -0.4 is 14.8 Å². The highest BCUT2D eigenvalue weighted by molar-refractivity contribution is 7.89. The van der Waals surface area contributed by atoms with Crippen molar-refractivity contribution < 1.29 is 17.9 Å². The molecule has 0 aliphatic rings. The number of hydrogen-bond donors (Lipinski definition) is 2. The van der Waals surface area contributed by atoms with Crippen LogP contribution in [0.3, 0.4) is 0 Å². The highest BCUT2D eigenvalue weighted by Crippen LogP contribution is 2.22. The number of carbonyl (C=O) groups excluding carboxylic acids is 1. The van der Waals surface area contributed by atoms with E-state index in [9.17, 15) is 13.2 Å². The van der Waals surface area contributed by atoms with E-state index in [2.05, 4.69) is 10.0 Å². The van der Waals surface area contributed by atoms with Gasteiger partial charge in [-0.1, -0.05) is 29.3 Å². The molecule has 0 unspecified atom stereocenters. The first-order chi connectivity index (χ1) is 13.1. The van der Waals surface area contributed by atoms with Gasteiger partial charge in [0.25, 0.3) is 5.91 Å². The third kappa shape index (κ3) is 6.38. The molecule has 1 amide bonds. The van der Waals surface area contributed by atoms with E-state index in [0.717, 1.165) is 0 Å². The molecule has 2 rings (SSSR count). The Kier molecular flexibility index (Phi) is 7.71. The van der Waals surface area contributed by atoms with Crippen LogP contribution in [-0.4, -0.2) is 26.5 Å². The van der Waals surface area contributed by atoms with Crippen LogP contribution in [0.5, 0.6) is 5.75 Å². The predicted octanol–water partition coefficient (Wildman–Crippen LogP) is 3.76. The molecule has 0 saturated heterocycles. The minimum atomic E-state index is -3.74. The minimum absolute atomic E-state index is 0.00582. The number of ether oxygens (including phenoxy) is 1. The van der Waals surface area contributed by atoms with E-state index in [1.54, 1.807) is 25.1 Å².